The molecular formula is C24H38N4O4. The summed E-state index contributed by atoms with van der Waals surface area (Å²) in [6, 6.07) is -0.829. The minimum atomic E-state index is -0.415. The SMILES string of the molecule is CCCC(=O)N1CCCC[C@H]1C(=O)NCC#CCNC(=O)[C@@H]1CCCCN1C(=O)CCC. The third kappa shape index (κ3) is 7.54. The number of piperidine rings is 2. The second kappa shape index (κ2) is 13.8. The van der Waals surface area contributed by atoms with E-state index in [0.29, 0.717) is 38.8 Å². The van der Waals surface area contributed by atoms with E-state index < -0.39 is 12.1 Å². The molecule has 178 valence electrons. The first-order valence-electron chi connectivity index (χ1n) is 12.1. The first kappa shape index (κ1) is 25.7. The predicted octanol–water partition coefficient (Wildman–Crippen LogP) is 1.58. The van der Waals surface area contributed by atoms with Gasteiger partial charge in [-0.15, -0.1) is 0 Å². The molecule has 2 aliphatic rings. The summed E-state index contributed by atoms with van der Waals surface area (Å²) in [6.07, 6.45) is 7.56. The van der Waals surface area contributed by atoms with Crippen LogP contribution >= 0.6 is 0 Å². The van der Waals surface area contributed by atoms with Gasteiger partial charge in [-0.05, 0) is 51.4 Å². The first-order valence-corrected chi connectivity index (χ1v) is 12.1. The van der Waals surface area contributed by atoms with E-state index in [-0.39, 0.29) is 36.7 Å². The van der Waals surface area contributed by atoms with Crippen molar-refractivity contribution in [1.82, 2.24) is 20.4 Å². The average Bonchev–Trinajstić information content (AvgIpc) is 2.81. The molecule has 2 atom stereocenters. The third-order valence-electron chi connectivity index (χ3n) is 6.01. The summed E-state index contributed by atoms with van der Waals surface area (Å²) < 4.78 is 0. The van der Waals surface area contributed by atoms with Crippen LogP contribution in [0.2, 0.25) is 0 Å². The van der Waals surface area contributed by atoms with Crippen molar-refractivity contribution in [2.24, 2.45) is 0 Å². The van der Waals surface area contributed by atoms with Gasteiger partial charge >= 0.3 is 0 Å². The van der Waals surface area contributed by atoms with Crippen molar-refractivity contribution < 1.29 is 19.2 Å². The average molecular weight is 447 g/mol. The smallest absolute Gasteiger partial charge is 0.243 e. The Kier molecular flexibility index (Phi) is 11.1. The van der Waals surface area contributed by atoms with Crippen molar-refractivity contribution in [2.45, 2.75) is 90.1 Å². The summed E-state index contributed by atoms with van der Waals surface area (Å²) >= 11 is 0. The number of carbonyl (C=O) groups excluding carboxylic acids is 4. The summed E-state index contributed by atoms with van der Waals surface area (Å²) in [6.45, 7) is 5.53. The van der Waals surface area contributed by atoms with Crippen molar-refractivity contribution >= 4 is 23.6 Å². The summed E-state index contributed by atoms with van der Waals surface area (Å²) in [4.78, 5) is 53.0. The summed E-state index contributed by atoms with van der Waals surface area (Å²) in [5, 5.41) is 5.59. The molecule has 0 unspecified atom stereocenters. The van der Waals surface area contributed by atoms with Crippen LogP contribution in [0.1, 0.15) is 78.1 Å². The molecule has 2 heterocycles. The van der Waals surface area contributed by atoms with Gasteiger partial charge in [-0.25, -0.2) is 0 Å². The predicted molar refractivity (Wildman–Crippen MR) is 122 cm³/mol. The third-order valence-corrected chi connectivity index (χ3v) is 6.01. The maximum Gasteiger partial charge on any atom is 0.243 e. The van der Waals surface area contributed by atoms with Crippen LogP contribution in [0.3, 0.4) is 0 Å². The minimum absolute atomic E-state index is 0.0373. The molecule has 2 rings (SSSR count). The number of hydrogen-bond donors (Lipinski definition) is 2. The normalized spacial score (nSPS) is 20.7. The zero-order chi connectivity index (χ0) is 23.3. The van der Waals surface area contributed by atoms with E-state index in [9.17, 15) is 19.2 Å². The fraction of sp³-hybridized carbons (Fsp3) is 0.750. The summed E-state index contributed by atoms with van der Waals surface area (Å²) in [7, 11) is 0. The van der Waals surface area contributed by atoms with Crippen LogP contribution in [0.25, 0.3) is 0 Å². The largest absolute Gasteiger partial charge is 0.343 e. The Morgan fingerprint density at radius 3 is 1.50 bits per heavy atom. The van der Waals surface area contributed by atoms with Gasteiger partial charge in [0.15, 0.2) is 0 Å². The Hall–Kier alpha value is -2.56. The van der Waals surface area contributed by atoms with Gasteiger partial charge in [0, 0.05) is 25.9 Å². The standard InChI is InChI=1S/C24H38N4O4/c1-3-11-21(29)27-17-9-5-13-19(27)23(31)25-15-7-8-16-26-24(32)20-14-6-10-18-28(20)22(30)12-4-2/h19-20H,3-6,9-18H2,1-2H3,(H,25,31)(H,26,32)/t19-,20-/m0/s1. The second-order valence-electron chi connectivity index (χ2n) is 8.49. The van der Waals surface area contributed by atoms with E-state index in [2.05, 4.69) is 22.5 Å². The van der Waals surface area contributed by atoms with Gasteiger partial charge in [-0.3, -0.25) is 19.2 Å². The Morgan fingerprint density at radius 1 is 0.719 bits per heavy atom. The first-order chi connectivity index (χ1) is 15.5. The highest BCUT2D eigenvalue weighted by Crippen LogP contribution is 2.19. The molecule has 0 saturated carbocycles. The fourth-order valence-corrected chi connectivity index (χ4v) is 4.34. The van der Waals surface area contributed by atoms with Gasteiger partial charge in [-0.2, -0.15) is 0 Å². The van der Waals surface area contributed by atoms with Gasteiger partial charge in [0.2, 0.25) is 23.6 Å². The van der Waals surface area contributed by atoms with E-state index in [4.69, 9.17) is 0 Å². The number of rotatable bonds is 8. The summed E-state index contributed by atoms with van der Waals surface area (Å²) in [5.41, 5.74) is 0. The molecule has 8 nitrogen and oxygen atoms in total. The molecule has 8 heteroatoms. The van der Waals surface area contributed by atoms with Crippen molar-refractivity contribution in [3.63, 3.8) is 0 Å². The Morgan fingerprint density at radius 2 is 1.12 bits per heavy atom. The van der Waals surface area contributed by atoms with Crippen LogP contribution in [0.5, 0.6) is 0 Å². The molecule has 0 aromatic heterocycles. The molecule has 2 N–H and O–H groups in total. The van der Waals surface area contributed by atoms with Crippen molar-refractivity contribution in [3.05, 3.63) is 0 Å². The van der Waals surface area contributed by atoms with Gasteiger partial charge in [-0.1, -0.05) is 25.7 Å². The van der Waals surface area contributed by atoms with Crippen LogP contribution < -0.4 is 10.6 Å². The fourth-order valence-electron chi connectivity index (χ4n) is 4.34. The quantitative estimate of drug-likeness (QED) is 0.553. The minimum Gasteiger partial charge on any atom is -0.343 e. The number of nitrogens with one attached hydrogen (secondary N) is 2. The lowest BCUT2D eigenvalue weighted by atomic mass is 10.0. The van der Waals surface area contributed by atoms with Crippen molar-refractivity contribution in [2.75, 3.05) is 26.2 Å². The molecule has 0 spiro atoms. The lowest BCUT2D eigenvalue weighted by Crippen LogP contribution is -2.52. The molecular weight excluding hydrogens is 408 g/mol. The van der Waals surface area contributed by atoms with Gasteiger partial charge < -0.3 is 20.4 Å². The Balaban J connectivity index is 1.76. The number of amides is 4. The molecule has 0 aromatic rings. The molecule has 2 saturated heterocycles. The van der Waals surface area contributed by atoms with E-state index >= 15 is 0 Å². The van der Waals surface area contributed by atoms with E-state index in [0.717, 1.165) is 38.5 Å². The van der Waals surface area contributed by atoms with Crippen molar-refractivity contribution in [3.8, 4) is 11.8 Å². The van der Waals surface area contributed by atoms with Crippen LogP contribution in [0, 0.1) is 11.8 Å². The van der Waals surface area contributed by atoms with Crippen LogP contribution in [-0.2, 0) is 19.2 Å². The van der Waals surface area contributed by atoms with Crippen molar-refractivity contribution in [1.29, 1.82) is 0 Å². The molecule has 2 fully saturated rings. The second-order valence-corrected chi connectivity index (χ2v) is 8.49. The monoisotopic (exact) mass is 446 g/mol. The van der Waals surface area contributed by atoms with E-state index in [1.54, 1.807) is 9.80 Å². The number of nitrogens with zero attached hydrogens (tertiary/aromatic N) is 2. The molecule has 2 aliphatic heterocycles. The molecule has 0 radical (unpaired) electrons. The lowest BCUT2D eigenvalue weighted by molar-refractivity contribution is -0.142. The van der Waals surface area contributed by atoms with Gasteiger partial charge in [0.25, 0.3) is 0 Å². The molecule has 0 aromatic carbocycles. The molecule has 4 amide bonds. The lowest BCUT2D eigenvalue weighted by Gasteiger charge is -2.34. The zero-order valence-electron chi connectivity index (χ0n) is 19.6. The summed E-state index contributed by atoms with van der Waals surface area (Å²) in [5.74, 6) is 5.45. The Labute approximate surface area is 191 Å². The molecule has 0 bridgehead atoms. The van der Waals surface area contributed by atoms with Crippen LogP contribution in [0.15, 0.2) is 0 Å². The Bertz CT molecular complexity index is 669. The number of hydrogen-bond acceptors (Lipinski definition) is 4. The maximum absolute atomic E-state index is 12.5. The number of carbonyl (C=O) groups is 4. The zero-order valence-corrected chi connectivity index (χ0v) is 19.6. The van der Waals surface area contributed by atoms with E-state index in [1.807, 2.05) is 13.8 Å². The highest BCUT2D eigenvalue weighted by molar-refractivity contribution is 5.88. The van der Waals surface area contributed by atoms with Crippen LogP contribution in [-0.4, -0.2) is 71.7 Å². The highest BCUT2D eigenvalue weighted by atomic mass is 16.2. The van der Waals surface area contributed by atoms with Gasteiger partial charge in [0.05, 0.1) is 13.1 Å². The molecule has 32 heavy (non-hydrogen) atoms. The van der Waals surface area contributed by atoms with E-state index in [1.165, 1.54) is 0 Å². The highest BCUT2D eigenvalue weighted by Gasteiger charge is 2.32. The molecule has 0 aliphatic carbocycles. The van der Waals surface area contributed by atoms with Gasteiger partial charge in [0.1, 0.15) is 12.1 Å². The maximum atomic E-state index is 12.5. The van der Waals surface area contributed by atoms with Crippen LogP contribution in [0.4, 0.5) is 0 Å². The topological polar surface area (TPSA) is 98.8 Å². The number of likely N-dealkylation sites (tertiary alicyclic amines) is 2.